The largest absolute Gasteiger partial charge is 0.333 e. The van der Waals surface area contributed by atoms with Crippen LogP contribution in [0.2, 0.25) is 0 Å². The molecule has 5 aliphatic rings. The van der Waals surface area contributed by atoms with Crippen molar-refractivity contribution in [2.45, 2.75) is 76.7 Å². The van der Waals surface area contributed by atoms with Gasteiger partial charge in [0, 0.05) is 6.04 Å². The molecule has 5 rings (SSSR count). The molecule has 4 nitrogen and oxygen atoms in total. The van der Waals surface area contributed by atoms with Crippen LogP contribution in [0.3, 0.4) is 0 Å². The van der Waals surface area contributed by atoms with Crippen molar-refractivity contribution in [1.29, 1.82) is 0 Å². The lowest BCUT2D eigenvalue weighted by atomic mass is 9.56. The minimum atomic E-state index is -3.97. The van der Waals surface area contributed by atoms with E-state index in [0.717, 1.165) is 25.7 Å². The molecule has 5 aliphatic carbocycles. The summed E-state index contributed by atoms with van der Waals surface area (Å²) in [5, 5.41) is 0. The van der Waals surface area contributed by atoms with E-state index < -0.39 is 10.3 Å². The molecule has 0 aromatic heterocycles. The van der Waals surface area contributed by atoms with Crippen LogP contribution in [0.1, 0.15) is 70.6 Å². The van der Waals surface area contributed by atoms with E-state index in [2.05, 4.69) is 4.72 Å². The van der Waals surface area contributed by atoms with Gasteiger partial charge in [-0.05, 0) is 75.0 Å². The number of rotatable bonds is 2. The molecule has 4 bridgehead atoms. The van der Waals surface area contributed by atoms with E-state index in [1.165, 1.54) is 30.1 Å². The third kappa shape index (κ3) is 4.67. The van der Waals surface area contributed by atoms with Crippen LogP contribution in [0.15, 0.2) is 0 Å². The second kappa shape index (κ2) is 6.55. The van der Waals surface area contributed by atoms with Crippen molar-refractivity contribution in [2.75, 3.05) is 0 Å². The molecule has 0 aliphatic heterocycles. The van der Waals surface area contributed by atoms with E-state index in [1.54, 1.807) is 38.5 Å². The summed E-state index contributed by atoms with van der Waals surface area (Å²) in [6.45, 7) is 0. The summed E-state index contributed by atoms with van der Waals surface area (Å²) >= 11 is 0. The molecule has 0 heterocycles. The predicted octanol–water partition coefficient (Wildman–Crippen LogP) is 3.54. The summed E-state index contributed by atoms with van der Waals surface area (Å²) in [5.74, 6) is 4.71. The Labute approximate surface area is 129 Å². The third-order valence-corrected chi connectivity index (χ3v) is 6.55. The van der Waals surface area contributed by atoms with Crippen LogP contribution >= 0.6 is 0 Å². The molecule has 0 unspecified atom stereocenters. The normalized spacial score (nSPS) is 38.9. The summed E-state index contributed by atoms with van der Waals surface area (Å²) in [6.07, 6.45) is 14.6. The molecule has 0 aromatic carbocycles. The minimum absolute atomic E-state index is 0.0428. The Balaban J connectivity index is 0.000000126. The molecule has 21 heavy (non-hydrogen) atoms. The van der Waals surface area contributed by atoms with Gasteiger partial charge in [-0.2, -0.15) is 13.1 Å². The molecule has 5 fully saturated rings. The van der Waals surface area contributed by atoms with Gasteiger partial charge in [-0.25, -0.2) is 0 Å². The summed E-state index contributed by atoms with van der Waals surface area (Å²) in [6, 6.07) is -0.0428. The van der Waals surface area contributed by atoms with E-state index in [1.807, 2.05) is 0 Å². The Morgan fingerprint density at radius 3 is 1.43 bits per heavy atom. The summed E-state index contributed by atoms with van der Waals surface area (Å²) in [4.78, 5) is 0. The monoisotopic (exact) mass is 315 g/mol. The predicted molar refractivity (Wildman–Crippen MR) is 83.2 cm³/mol. The molecule has 0 saturated heterocycles. The fraction of sp³-hybridized carbons (Fsp3) is 1.00. The molecule has 5 saturated carbocycles. The molecule has 5 heteroatoms. The Kier molecular flexibility index (Phi) is 4.91. The van der Waals surface area contributed by atoms with Gasteiger partial charge in [0.25, 0.3) is 0 Å². The van der Waals surface area contributed by atoms with E-state index in [-0.39, 0.29) is 6.04 Å². The van der Waals surface area contributed by atoms with Gasteiger partial charge in [0.05, 0.1) is 0 Å². The molecule has 2 N–H and O–H groups in total. The second-order valence-corrected chi connectivity index (χ2v) is 8.99. The highest BCUT2D eigenvalue weighted by molar-refractivity contribution is 7.83. The summed E-state index contributed by atoms with van der Waals surface area (Å²) in [5.41, 5.74) is 0. The molecule has 122 valence electrons. The maximum atomic E-state index is 10.3. The summed E-state index contributed by atoms with van der Waals surface area (Å²) in [7, 11) is -3.97. The van der Waals surface area contributed by atoms with E-state index >= 15 is 0 Å². The first-order valence-electron chi connectivity index (χ1n) is 8.72. The van der Waals surface area contributed by atoms with Crippen LogP contribution < -0.4 is 4.72 Å². The molecular weight excluding hydrogens is 286 g/mol. The van der Waals surface area contributed by atoms with Crippen molar-refractivity contribution in [2.24, 2.45) is 23.7 Å². The van der Waals surface area contributed by atoms with Gasteiger partial charge in [0.2, 0.25) is 0 Å². The van der Waals surface area contributed by atoms with Gasteiger partial charge >= 0.3 is 10.3 Å². The van der Waals surface area contributed by atoms with Crippen LogP contribution in [0.5, 0.6) is 0 Å². The molecule has 0 radical (unpaired) electrons. The van der Waals surface area contributed by atoms with Crippen molar-refractivity contribution in [3.63, 3.8) is 0 Å². The van der Waals surface area contributed by atoms with Gasteiger partial charge < -0.3 is 0 Å². The van der Waals surface area contributed by atoms with Crippen molar-refractivity contribution >= 4 is 10.3 Å². The third-order valence-electron chi connectivity index (χ3n) is 5.92. The van der Waals surface area contributed by atoms with Crippen LogP contribution in [-0.2, 0) is 10.3 Å². The standard InChI is InChI=1S/C10H16.C6H13NO3S/c1-7-2-9-4-8(1)5-10(3-7)6-9;8-11(9,10)7-6-4-2-1-3-5-6/h7-10H,1-6H2;6-7H,1-5H2,(H,8,9,10). The van der Waals surface area contributed by atoms with Crippen LogP contribution in [-0.4, -0.2) is 19.0 Å². The zero-order valence-corrected chi connectivity index (χ0v) is 13.7. The molecule has 0 atom stereocenters. The van der Waals surface area contributed by atoms with Crippen LogP contribution in [0, 0.1) is 23.7 Å². The lowest BCUT2D eigenvalue weighted by Gasteiger charge is -2.49. The van der Waals surface area contributed by atoms with Crippen molar-refractivity contribution in [1.82, 2.24) is 4.72 Å². The maximum absolute atomic E-state index is 10.3. The fourth-order valence-electron chi connectivity index (χ4n) is 5.41. The van der Waals surface area contributed by atoms with Gasteiger partial charge in [0.15, 0.2) is 0 Å². The Hall–Kier alpha value is -0.130. The number of hydrogen-bond donors (Lipinski definition) is 2. The van der Waals surface area contributed by atoms with Crippen molar-refractivity contribution in [3.8, 4) is 0 Å². The molecular formula is C16H29NO3S. The Bertz CT molecular complexity index is 386. The zero-order chi connectivity index (χ0) is 14.9. The minimum Gasteiger partial charge on any atom is -0.273 e. The van der Waals surface area contributed by atoms with Gasteiger partial charge in [0.1, 0.15) is 0 Å². The topological polar surface area (TPSA) is 66.4 Å². The fourth-order valence-corrected chi connectivity index (χ4v) is 6.07. The number of hydrogen-bond acceptors (Lipinski definition) is 2. The quantitative estimate of drug-likeness (QED) is 0.766. The van der Waals surface area contributed by atoms with Gasteiger partial charge in [-0.1, -0.05) is 19.3 Å². The van der Waals surface area contributed by atoms with Gasteiger partial charge in [-0.3, -0.25) is 4.55 Å². The lowest BCUT2D eigenvalue weighted by Crippen LogP contribution is -2.38. The van der Waals surface area contributed by atoms with E-state index in [9.17, 15) is 8.42 Å². The highest BCUT2D eigenvalue weighted by atomic mass is 32.2. The lowest BCUT2D eigenvalue weighted by molar-refractivity contribution is 0.0198. The van der Waals surface area contributed by atoms with Crippen LogP contribution in [0.4, 0.5) is 0 Å². The van der Waals surface area contributed by atoms with Crippen molar-refractivity contribution < 1.29 is 13.0 Å². The SMILES string of the molecule is C1C2CC3CC1CC(C2)C3.O=S(=O)(O)NC1CCCCC1. The molecule has 0 aromatic rings. The smallest absolute Gasteiger partial charge is 0.273 e. The average molecular weight is 315 g/mol. The van der Waals surface area contributed by atoms with Gasteiger partial charge in [-0.15, -0.1) is 0 Å². The van der Waals surface area contributed by atoms with Crippen molar-refractivity contribution in [3.05, 3.63) is 0 Å². The first kappa shape index (κ1) is 15.8. The summed E-state index contributed by atoms with van der Waals surface area (Å²) < 4.78 is 31.3. The maximum Gasteiger partial charge on any atom is 0.333 e. The highest BCUT2D eigenvalue weighted by Gasteiger charge is 2.41. The number of nitrogens with one attached hydrogen (secondary N) is 1. The average Bonchev–Trinajstić information content (AvgIpc) is 2.37. The molecule has 0 amide bonds. The first-order chi connectivity index (χ1) is 9.98. The van der Waals surface area contributed by atoms with E-state index in [4.69, 9.17) is 4.55 Å². The zero-order valence-electron chi connectivity index (χ0n) is 12.8. The first-order valence-corrected chi connectivity index (χ1v) is 10.2. The second-order valence-electron chi connectivity index (χ2n) is 7.81. The molecule has 0 spiro atoms. The Morgan fingerprint density at radius 2 is 1.10 bits per heavy atom. The van der Waals surface area contributed by atoms with E-state index in [0.29, 0.717) is 0 Å². The highest BCUT2D eigenvalue weighted by Crippen LogP contribution is 2.53. The Morgan fingerprint density at radius 1 is 0.714 bits per heavy atom. The van der Waals surface area contributed by atoms with Crippen LogP contribution in [0.25, 0.3) is 0 Å².